The Morgan fingerprint density at radius 2 is 1.82 bits per heavy atom. The number of carbonyl (C=O) groups is 1. The van der Waals surface area contributed by atoms with E-state index < -0.39 is 0 Å². The van der Waals surface area contributed by atoms with Crippen LogP contribution in [0, 0.1) is 25.7 Å². The van der Waals surface area contributed by atoms with Gasteiger partial charge < -0.3 is 10.2 Å². The van der Waals surface area contributed by atoms with Crippen LogP contribution in [-0.2, 0) is 4.79 Å². The minimum atomic E-state index is 0.168. The summed E-state index contributed by atoms with van der Waals surface area (Å²) in [6.45, 7) is 7.11. The molecular weight excluding hydrogens is 272 g/mol. The lowest BCUT2D eigenvalue weighted by atomic mass is 9.75. The van der Waals surface area contributed by atoms with E-state index in [1.54, 1.807) is 0 Å². The third-order valence-electron chi connectivity index (χ3n) is 5.64. The smallest absolute Gasteiger partial charge is 0.279 e. The van der Waals surface area contributed by atoms with Crippen LogP contribution in [0.1, 0.15) is 43.2 Å². The fraction of sp³-hybridized carbons (Fsp3) is 0.632. The predicted molar refractivity (Wildman–Crippen MR) is 90.2 cm³/mol. The van der Waals surface area contributed by atoms with Gasteiger partial charge in [0.15, 0.2) is 6.54 Å². The summed E-state index contributed by atoms with van der Waals surface area (Å²) >= 11 is 0. The van der Waals surface area contributed by atoms with Crippen LogP contribution in [-0.4, -0.2) is 25.5 Å². The van der Waals surface area contributed by atoms with Crippen molar-refractivity contribution in [3.63, 3.8) is 0 Å². The van der Waals surface area contributed by atoms with Gasteiger partial charge in [0.05, 0.1) is 13.1 Å². The monoisotopic (exact) mass is 301 g/mol. The van der Waals surface area contributed by atoms with E-state index >= 15 is 0 Å². The lowest BCUT2D eigenvalue weighted by molar-refractivity contribution is -0.902. The lowest BCUT2D eigenvalue weighted by Gasteiger charge is -2.38. The van der Waals surface area contributed by atoms with Crippen molar-refractivity contribution in [2.75, 3.05) is 25.0 Å². The molecular formula is C19H29N2O+. The molecule has 2 fully saturated rings. The van der Waals surface area contributed by atoms with E-state index in [1.807, 2.05) is 6.07 Å². The van der Waals surface area contributed by atoms with E-state index in [2.05, 4.69) is 31.3 Å². The standard InChI is InChI=1S/C19H28N2O/c1-14-6-5-7-15(2)19(14)20-18(22)13-21-11-10-16-8-3-4-9-17(16)12-21/h5-7,16-17H,3-4,8-13H2,1-2H3,(H,20,22)/p+1/t16-,17-/m1/s1. The summed E-state index contributed by atoms with van der Waals surface area (Å²) in [5.74, 6) is 1.98. The van der Waals surface area contributed by atoms with Crippen LogP contribution >= 0.6 is 0 Å². The lowest BCUT2D eigenvalue weighted by Crippen LogP contribution is -3.15. The largest absolute Gasteiger partial charge is 0.327 e. The second-order valence-electron chi connectivity index (χ2n) is 7.29. The first-order chi connectivity index (χ1) is 10.6. The summed E-state index contributed by atoms with van der Waals surface area (Å²) < 4.78 is 0. The van der Waals surface area contributed by atoms with Gasteiger partial charge in [-0.1, -0.05) is 31.0 Å². The highest BCUT2D eigenvalue weighted by molar-refractivity contribution is 5.93. The first-order valence-electron chi connectivity index (χ1n) is 8.83. The highest BCUT2D eigenvalue weighted by Crippen LogP contribution is 2.32. The Morgan fingerprint density at radius 3 is 2.55 bits per heavy atom. The SMILES string of the molecule is Cc1cccc(C)c1NC(=O)C[NH+]1CC[C@H]2CCCC[C@@H]2C1. The Morgan fingerprint density at radius 1 is 1.14 bits per heavy atom. The number of hydrogen-bond acceptors (Lipinski definition) is 1. The number of hydrogen-bond donors (Lipinski definition) is 2. The van der Waals surface area contributed by atoms with Crippen LogP contribution < -0.4 is 10.2 Å². The second-order valence-corrected chi connectivity index (χ2v) is 7.29. The summed E-state index contributed by atoms with van der Waals surface area (Å²) in [5, 5.41) is 3.14. The van der Waals surface area contributed by atoms with Crippen LogP contribution in [0.25, 0.3) is 0 Å². The molecule has 2 aliphatic rings. The Balaban J connectivity index is 1.56. The van der Waals surface area contributed by atoms with Crippen LogP contribution in [0.15, 0.2) is 18.2 Å². The van der Waals surface area contributed by atoms with Gasteiger partial charge >= 0.3 is 0 Å². The summed E-state index contributed by atoms with van der Waals surface area (Å²) in [6, 6.07) is 6.16. The van der Waals surface area contributed by atoms with Crippen molar-refractivity contribution in [2.24, 2.45) is 11.8 Å². The molecule has 3 heteroatoms. The molecule has 3 nitrogen and oxygen atoms in total. The highest BCUT2D eigenvalue weighted by Gasteiger charge is 2.34. The Labute approximate surface area is 134 Å². The molecule has 0 spiro atoms. The molecule has 22 heavy (non-hydrogen) atoms. The quantitative estimate of drug-likeness (QED) is 0.883. The number of benzene rings is 1. The number of likely N-dealkylation sites (tertiary alicyclic amines) is 1. The Bertz CT molecular complexity index is 520. The van der Waals surface area contributed by atoms with E-state index in [-0.39, 0.29) is 5.91 Å². The molecule has 1 aromatic carbocycles. The van der Waals surface area contributed by atoms with Gasteiger partial charge in [-0.15, -0.1) is 0 Å². The topological polar surface area (TPSA) is 33.5 Å². The zero-order chi connectivity index (χ0) is 15.5. The molecule has 1 aromatic rings. The van der Waals surface area contributed by atoms with Crippen molar-refractivity contribution in [3.05, 3.63) is 29.3 Å². The number of aryl methyl sites for hydroxylation is 2. The average Bonchev–Trinajstić information content (AvgIpc) is 2.51. The van der Waals surface area contributed by atoms with Gasteiger partial charge in [0.2, 0.25) is 0 Å². The van der Waals surface area contributed by atoms with E-state index in [9.17, 15) is 4.79 Å². The first-order valence-corrected chi connectivity index (χ1v) is 8.83. The normalized spacial score (nSPS) is 28.0. The molecule has 3 atom stereocenters. The zero-order valence-corrected chi connectivity index (χ0v) is 14.0. The minimum absolute atomic E-state index is 0.168. The number of amides is 1. The van der Waals surface area contributed by atoms with Crippen LogP contribution in [0.5, 0.6) is 0 Å². The maximum atomic E-state index is 12.4. The van der Waals surface area contributed by atoms with Crippen molar-refractivity contribution in [3.8, 4) is 0 Å². The number of para-hydroxylation sites is 1. The Kier molecular flexibility index (Phi) is 4.82. The summed E-state index contributed by atoms with van der Waals surface area (Å²) in [6.07, 6.45) is 6.93. The molecule has 1 heterocycles. The fourth-order valence-electron chi connectivity index (χ4n) is 4.38. The molecule has 1 aliphatic carbocycles. The third kappa shape index (κ3) is 3.52. The Hall–Kier alpha value is -1.35. The molecule has 3 rings (SSSR count). The molecule has 1 unspecified atom stereocenters. The van der Waals surface area contributed by atoms with Crippen molar-refractivity contribution in [1.82, 2.24) is 0 Å². The van der Waals surface area contributed by atoms with Crippen molar-refractivity contribution in [2.45, 2.75) is 46.0 Å². The van der Waals surface area contributed by atoms with E-state index in [0.717, 1.165) is 28.7 Å². The van der Waals surface area contributed by atoms with Gasteiger partial charge in [-0.25, -0.2) is 0 Å². The number of rotatable bonds is 3. The maximum absolute atomic E-state index is 12.4. The second kappa shape index (κ2) is 6.82. The van der Waals surface area contributed by atoms with E-state index in [4.69, 9.17) is 0 Å². The van der Waals surface area contributed by atoms with Gasteiger partial charge in [0.25, 0.3) is 5.91 Å². The van der Waals surface area contributed by atoms with Gasteiger partial charge in [-0.2, -0.15) is 0 Å². The fourth-order valence-corrected chi connectivity index (χ4v) is 4.38. The van der Waals surface area contributed by atoms with Crippen molar-refractivity contribution < 1.29 is 9.69 Å². The number of carbonyl (C=O) groups excluding carboxylic acids is 1. The molecule has 0 bridgehead atoms. The first kappa shape index (κ1) is 15.5. The molecule has 1 saturated carbocycles. The van der Waals surface area contributed by atoms with Crippen molar-refractivity contribution >= 4 is 11.6 Å². The summed E-state index contributed by atoms with van der Waals surface area (Å²) in [5.41, 5.74) is 3.29. The van der Waals surface area contributed by atoms with Gasteiger partial charge in [-0.05, 0) is 50.2 Å². The molecule has 120 valence electrons. The number of fused-ring (bicyclic) bond motifs is 1. The number of quaternary nitrogens is 1. The zero-order valence-electron chi connectivity index (χ0n) is 14.0. The third-order valence-corrected chi connectivity index (χ3v) is 5.64. The highest BCUT2D eigenvalue weighted by atomic mass is 16.2. The van der Waals surface area contributed by atoms with Gasteiger partial charge in [-0.3, -0.25) is 4.79 Å². The molecule has 0 radical (unpaired) electrons. The van der Waals surface area contributed by atoms with E-state index in [1.165, 1.54) is 50.1 Å². The maximum Gasteiger partial charge on any atom is 0.279 e. The molecule has 2 N–H and O–H groups in total. The summed E-state index contributed by atoms with van der Waals surface area (Å²) in [7, 11) is 0. The van der Waals surface area contributed by atoms with Gasteiger partial charge in [0, 0.05) is 11.6 Å². The molecule has 1 saturated heterocycles. The molecule has 1 amide bonds. The van der Waals surface area contributed by atoms with Crippen molar-refractivity contribution in [1.29, 1.82) is 0 Å². The van der Waals surface area contributed by atoms with Crippen LogP contribution in [0.2, 0.25) is 0 Å². The summed E-state index contributed by atoms with van der Waals surface area (Å²) in [4.78, 5) is 13.9. The number of anilines is 1. The molecule has 0 aromatic heterocycles. The molecule has 1 aliphatic heterocycles. The number of piperidine rings is 1. The van der Waals surface area contributed by atoms with Crippen LogP contribution in [0.4, 0.5) is 5.69 Å². The number of nitrogens with one attached hydrogen (secondary N) is 2. The van der Waals surface area contributed by atoms with Gasteiger partial charge in [0.1, 0.15) is 0 Å². The van der Waals surface area contributed by atoms with E-state index in [0.29, 0.717) is 6.54 Å². The van der Waals surface area contributed by atoms with Crippen LogP contribution in [0.3, 0.4) is 0 Å². The average molecular weight is 301 g/mol. The predicted octanol–water partition coefficient (Wildman–Crippen LogP) is 2.34. The minimum Gasteiger partial charge on any atom is -0.327 e.